The molecule has 0 bridgehead atoms. The lowest BCUT2D eigenvalue weighted by Crippen LogP contribution is -2.13. The summed E-state index contributed by atoms with van der Waals surface area (Å²) in [5.41, 5.74) is 0. The van der Waals surface area contributed by atoms with E-state index in [1.807, 2.05) is 19.2 Å². The summed E-state index contributed by atoms with van der Waals surface area (Å²) in [5.74, 6) is 0. The van der Waals surface area contributed by atoms with Gasteiger partial charge in [0.1, 0.15) is 0 Å². The fourth-order valence-electron chi connectivity index (χ4n) is 0.681. The quantitative estimate of drug-likeness (QED) is 0.570. The lowest BCUT2D eigenvalue weighted by atomic mass is 10.4. The molecule has 0 aliphatic rings. The van der Waals surface area contributed by atoms with E-state index in [4.69, 9.17) is 4.74 Å². The Morgan fingerprint density at radius 2 is 2.18 bits per heavy atom. The van der Waals surface area contributed by atoms with Crippen molar-refractivity contribution in [2.45, 2.75) is 26.7 Å². The summed E-state index contributed by atoms with van der Waals surface area (Å²) in [6, 6.07) is 0. The first kappa shape index (κ1) is 10.5. The maximum atomic E-state index is 5.32. The Balaban J connectivity index is 2.79. The Labute approximate surface area is 69.6 Å². The van der Waals surface area contributed by atoms with Crippen molar-refractivity contribution in [2.24, 2.45) is 0 Å². The molecule has 66 valence electrons. The molecular formula is C9H19NO. The van der Waals surface area contributed by atoms with E-state index >= 15 is 0 Å². The van der Waals surface area contributed by atoms with Gasteiger partial charge >= 0.3 is 0 Å². The van der Waals surface area contributed by atoms with Crippen LogP contribution < -0.4 is 5.32 Å². The smallest absolute Gasteiger partial charge is 0.0638 e. The Bertz CT molecular complexity index is 91.6. The van der Waals surface area contributed by atoms with E-state index in [0.29, 0.717) is 0 Å². The zero-order valence-electron chi connectivity index (χ0n) is 7.60. The molecule has 0 unspecified atom stereocenters. The summed E-state index contributed by atoms with van der Waals surface area (Å²) in [6.07, 6.45) is 6.29. The average Bonchev–Trinajstić information content (AvgIpc) is 2.03. The van der Waals surface area contributed by atoms with E-state index in [2.05, 4.69) is 12.2 Å². The molecule has 0 rings (SSSR count). The van der Waals surface area contributed by atoms with Crippen molar-refractivity contribution in [1.29, 1.82) is 0 Å². The molecule has 0 aliphatic heterocycles. The largest absolute Gasteiger partial charge is 0.389 e. The van der Waals surface area contributed by atoms with Crippen LogP contribution in [-0.4, -0.2) is 19.8 Å². The number of hydrogen-bond acceptors (Lipinski definition) is 2. The molecule has 1 N–H and O–H groups in total. The monoisotopic (exact) mass is 157 g/mol. The normalized spacial score (nSPS) is 10.7. The highest BCUT2D eigenvalue weighted by molar-refractivity contribution is 4.73. The van der Waals surface area contributed by atoms with Crippen molar-refractivity contribution in [3.8, 4) is 0 Å². The van der Waals surface area contributed by atoms with Gasteiger partial charge in [-0.25, -0.2) is 0 Å². The summed E-state index contributed by atoms with van der Waals surface area (Å²) >= 11 is 0. The van der Waals surface area contributed by atoms with Crippen molar-refractivity contribution in [1.82, 2.24) is 5.32 Å². The van der Waals surface area contributed by atoms with Gasteiger partial charge in [-0.3, -0.25) is 0 Å². The van der Waals surface area contributed by atoms with E-state index in [1.165, 1.54) is 12.8 Å². The van der Waals surface area contributed by atoms with E-state index in [9.17, 15) is 0 Å². The first-order valence-electron chi connectivity index (χ1n) is 4.34. The van der Waals surface area contributed by atoms with Gasteiger partial charge < -0.3 is 10.1 Å². The van der Waals surface area contributed by atoms with Crippen LogP contribution in [0.4, 0.5) is 0 Å². The molecule has 0 saturated carbocycles. The van der Waals surface area contributed by atoms with Crippen LogP contribution in [0.1, 0.15) is 26.7 Å². The average molecular weight is 157 g/mol. The maximum Gasteiger partial charge on any atom is 0.0638 e. The van der Waals surface area contributed by atoms with Crippen LogP contribution >= 0.6 is 0 Å². The van der Waals surface area contributed by atoms with Crippen molar-refractivity contribution < 1.29 is 4.74 Å². The van der Waals surface area contributed by atoms with Gasteiger partial charge in [-0.1, -0.05) is 19.4 Å². The molecule has 2 nitrogen and oxygen atoms in total. The molecule has 2 heteroatoms. The number of unbranched alkanes of at least 4 members (excludes halogenated alkanes) is 1. The third kappa shape index (κ3) is 9.50. The summed E-state index contributed by atoms with van der Waals surface area (Å²) in [7, 11) is 0. The SMILES string of the molecule is CC=CNCCOCCCC. The van der Waals surface area contributed by atoms with Crippen molar-refractivity contribution >= 4 is 0 Å². The van der Waals surface area contributed by atoms with Gasteiger partial charge in [0, 0.05) is 13.2 Å². The molecule has 0 atom stereocenters. The van der Waals surface area contributed by atoms with Gasteiger partial charge in [0.05, 0.1) is 6.61 Å². The highest BCUT2D eigenvalue weighted by Gasteiger charge is 1.84. The van der Waals surface area contributed by atoms with Crippen molar-refractivity contribution in [3.05, 3.63) is 12.3 Å². The Morgan fingerprint density at radius 3 is 2.82 bits per heavy atom. The predicted octanol–water partition coefficient (Wildman–Crippen LogP) is 1.93. The minimum absolute atomic E-state index is 0.810. The molecule has 0 radical (unpaired) electrons. The predicted molar refractivity (Wildman–Crippen MR) is 48.5 cm³/mol. The van der Waals surface area contributed by atoms with Crippen LogP contribution in [0.25, 0.3) is 0 Å². The summed E-state index contributed by atoms with van der Waals surface area (Å²) < 4.78 is 5.32. The van der Waals surface area contributed by atoms with Crippen LogP contribution in [0.3, 0.4) is 0 Å². The third-order valence-corrected chi connectivity index (χ3v) is 1.32. The van der Waals surface area contributed by atoms with Crippen molar-refractivity contribution in [3.63, 3.8) is 0 Å². The minimum atomic E-state index is 0.810. The molecule has 0 heterocycles. The second-order valence-electron chi connectivity index (χ2n) is 2.42. The van der Waals surface area contributed by atoms with Crippen LogP contribution in [0.5, 0.6) is 0 Å². The van der Waals surface area contributed by atoms with Crippen LogP contribution in [0, 0.1) is 0 Å². The van der Waals surface area contributed by atoms with E-state index in [-0.39, 0.29) is 0 Å². The Kier molecular flexibility index (Phi) is 9.07. The molecule has 0 aromatic rings. The summed E-state index contributed by atoms with van der Waals surface area (Å²) in [4.78, 5) is 0. The van der Waals surface area contributed by atoms with E-state index in [0.717, 1.165) is 19.8 Å². The standard InChI is InChI=1S/C9H19NO/c1-3-5-8-11-9-7-10-6-4-2/h4,6,10H,3,5,7-9H2,1-2H3. The highest BCUT2D eigenvalue weighted by atomic mass is 16.5. The number of hydrogen-bond donors (Lipinski definition) is 1. The molecule has 11 heavy (non-hydrogen) atoms. The number of allylic oxidation sites excluding steroid dienone is 1. The second kappa shape index (κ2) is 9.50. The zero-order chi connectivity index (χ0) is 8.36. The van der Waals surface area contributed by atoms with Crippen LogP contribution in [0.2, 0.25) is 0 Å². The molecule has 0 saturated heterocycles. The highest BCUT2D eigenvalue weighted by Crippen LogP contribution is 1.86. The first-order chi connectivity index (χ1) is 5.41. The molecule has 0 aromatic heterocycles. The molecule has 0 amide bonds. The van der Waals surface area contributed by atoms with Gasteiger partial charge in [-0.15, -0.1) is 0 Å². The number of rotatable bonds is 7. The van der Waals surface area contributed by atoms with Crippen molar-refractivity contribution in [2.75, 3.05) is 19.8 Å². The van der Waals surface area contributed by atoms with E-state index in [1.54, 1.807) is 0 Å². The maximum absolute atomic E-state index is 5.32. The molecule has 0 aromatic carbocycles. The fourth-order valence-corrected chi connectivity index (χ4v) is 0.681. The van der Waals surface area contributed by atoms with Gasteiger partial charge in [-0.05, 0) is 19.5 Å². The first-order valence-corrected chi connectivity index (χ1v) is 4.34. The molecular weight excluding hydrogens is 138 g/mol. The Hall–Kier alpha value is -0.500. The number of ether oxygens (including phenoxy) is 1. The number of nitrogens with one attached hydrogen (secondary N) is 1. The summed E-state index contributed by atoms with van der Waals surface area (Å²) in [6.45, 7) is 6.78. The molecule has 0 aliphatic carbocycles. The topological polar surface area (TPSA) is 21.3 Å². The zero-order valence-corrected chi connectivity index (χ0v) is 7.60. The van der Waals surface area contributed by atoms with Crippen LogP contribution in [-0.2, 0) is 4.74 Å². The lowest BCUT2D eigenvalue weighted by Gasteiger charge is -2.02. The van der Waals surface area contributed by atoms with Gasteiger partial charge in [0.15, 0.2) is 0 Å². The Morgan fingerprint density at radius 1 is 1.36 bits per heavy atom. The van der Waals surface area contributed by atoms with Gasteiger partial charge in [0.2, 0.25) is 0 Å². The van der Waals surface area contributed by atoms with E-state index < -0.39 is 0 Å². The second-order valence-corrected chi connectivity index (χ2v) is 2.42. The molecule has 0 fully saturated rings. The fraction of sp³-hybridized carbons (Fsp3) is 0.778. The summed E-state index contributed by atoms with van der Waals surface area (Å²) in [5, 5.41) is 3.11. The van der Waals surface area contributed by atoms with Crippen LogP contribution in [0.15, 0.2) is 12.3 Å². The molecule has 0 spiro atoms. The lowest BCUT2D eigenvalue weighted by molar-refractivity contribution is 0.135. The third-order valence-electron chi connectivity index (χ3n) is 1.32. The minimum Gasteiger partial charge on any atom is -0.389 e. The van der Waals surface area contributed by atoms with Gasteiger partial charge in [0.25, 0.3) is 0 Å². The van der Waals surface area contributed by atoms with Gasteiger partial charge in [-0.2, -0.15) is 0 Å².